The lowest BCUT2D eigenvalue weighted by molar-refractivity contribution is -0.225. The number of benzene rings is 1. The molecule has 1 aromatic rings. The molecule has 0 heterocycles. The van der Waals surface area contributed by atoms with E-state index in [1.807, 2.05) is 0 Å². The molecule has 0 spiro atoms. The number of alkyl halides is 2. The lowest BCUT2D eigenvalue weighted by atomic mass is 9.83. The van der Waals surface area contributed by atoms with E-state index in [2.05, 4.69) is 11.7 Å². The minimum atomic E-state index is -3.55. The molecule has 7 heteroatoms. The number of esters is 1. The minimum Gasteiger partial charge on any atom is -0.462 e. The van der Waals surface area contributed by atoms with Gasteiger partial charge < -0.3 is 9.47 Å². The first kappa shape index (κ1) is 21.9. The molecule has 2 saturated carbocycles. The van der Waals surface area contributed by atoms with Crippen molar-refractivity contribution < 1.29 is 31.8 Å². The van der Waals surface area contributed by atoms with Crippen molar-refractivity contribution in [3.63, 3.8) is 0 Å². The van der Waals surface area contributed by atoms with Crippen molar-refractivity contribution in [1.82, 2.24) is 0 Å². The van der Waals surface area contributed by atoms with E-state index in [4.69, 9.17) is 4.74 Å². The third-order valence-electron chi connectivity index (χ3n) is 6.29. The van der Waals surface area contributed by atoms with Crippen molar-refractivity contribution in [2.45, 2.75) is 77.4 Å². The van der Waals surface area contributed by atoms with Gasteiger partial charge in [0.15, 0.2) is 0 Å². The molecule has 0 radical (unpaired) electrons. The molecule has 3 nitrogen and oxygen atoms in total. The highest BCUT2D eigenvalue weighted by atomic mass is 19.3. The molecule has 3 rings (SSSR count). The van der Waals surface area contributed by atoms with Gasteiger partial charge in [0, 0.05) is 17.7 Å². The Labute approximate surface area is 168 Å². The summed E-state index contributed by atoms with van der Waals surface area (Å²) >= 11 is 0. The summed E-state index contributed by atoms with van der Waals surface area (Å²) in [5, 5.41) is 0. The first-order chi connectivity index (χ1) is 13.7. The van der Waals surface area contributed by atoms with Crippen LogP contribution in [0.2, 0.25) is 0 Å². The van der Waals surface area contributed by atoms with Crippen molar-refractivity contribution in [1.29, 1.82) is 0 Å². The zero-order valence-corrected chi connectivity index (χ0v) is 16.9. The van der Waals surface area contributed by atoms with Gasteiger partial charge in [-0.05, 0) is 64.2 Å². The molecule has 29 heavy (non-hydrogen) atoms. The Morgan fingerprint density at radius 2 is 1.52 bits per heavy atom. The van der Waals surface area contributed by atoms with Crippen LogP contribution < -0.4 is 4.74 Å². The molecule has 0 bridgehead atoms. The van der Waals surface area contributed by atoms with Crippen molar-refractivity contribution in [2.75, 3.05) is 0 Å². The summed E-state index contributed by atoms with van der Waals surface area (Å²) in [6, 6.07) is 1.54. The van der Waals surface area contributed by atoms with Crippen LogP contribution >= 0.6 is 0 Å². The molecule has 2 aliphatic rings. The molecule has 1 aromatic carbocycles. The van der Waals surface area contributed by atoms with Gasteiger partial charge in [-0.1, -0.05) is 6.92 Å². The van der Waals surface area contributed by atoms with E-state index in [1.54, 1.807) is 0 Å². The van der Waals surface area contributed by atoms with Gasteiger partial charge in [-0.3, -0.25) is 4.79 Å². The van der Waals surface area contributed by atoms with Crippen LogP contribution in [0, 0.1) is 36.3 Å². The maximum atomic E-state index is 14.5. The zero-order valence-electron chi connectivity index (χ0n) is 16.9. The Morgan fingerprint density at radius 3 is 2.07 bits per heavy atom. The van der Waals surface area contributed by atoms with Gasteiger partial charge in [0.2, 0.25) is 0 Å². The van der Waals surface area contributed by atoms with Gasteiger partial charge in [-0.2, -0.15) is 8.78 Å². The Hall–Kier alpha value is -1.79. The molecule has 0 amide bonds. The predicted octanol–water partition coefficient (Wildman–Crippen LogP) is 6.17. The van der Waals surface area contributed by atoms with E-state index in [0.29, 0.717) is 18.8 Å². The van der Waals surface area contributed by atoms with Crippen LogP contribution in [0.3, 0.4) is 0 Å². The SMILES string of the molecule is Cc1c(F)cc(OC(F)(F)C2CCC(OC(=O)C3CCC(C)CC3)CC2)cc1F. The molecule has 162 valence electrons. The second-order valence-corrected chi connectivity index (χ2v) is 8.54. The summed E-state index contributed by atoms with van der Waals surface area (Å²) in [6.07, 6.45) is 0.644. The van der Waals surface area contributed by atoms with Gasteiger partial charge in [-0.15, -0.1) is 0 Å². The minimum absolute atomic E-state index is 0.0833. The van der Waals surface area contributed by atoms with Crippen molar-refractivity contribution in [3.8, 4) is 5.75 Å². The lowest BCUT2D eigenvalue weighted by Crippen LogP contribution is -2.39. The number of halogens is 4. The Bertz CT molecular complexity index is 698. The Kier molecular flexibility index (Phi) is 6.74. The van der Waals surface area contributed by atoms with E-state index in [1.165, 1.54) is 6.92 Å². The number of rotatable bonds is 5. The van der Waals surface area contributed by atoms with E-state index in [-0.39, 0.29) is 36.4 Å². The lowest BCUT2D eigenvalue weighted by Gasteiger charge is -2.34. The van der Waals surface area contributed by atoms with Gasteiger partial charge >= 0.3 is 12.1 Å². The molecule has 0 atom stereocenters. The summed E-state index contributed by atoms with van der Waals surface area (Å²) in [7, 11) is 0. The number of carbonyl (C=O) groups is 1. The fraction of sp³-hybridized carbons (Fsp3) is 0.682. The van der Waals surface area contributed by atoms with Crippen LogP contribution in [0.4, 0.5) is 17.6 Å². The van der Waals surface area contributed by atoms with E-state index in [9.17, 15) is 22.4 Å². The van der Waals surface area contributed by atoms with Crippen LogP contribution in [0.5, 0.6) is 5.75 Å². The first-order valence-electron chi connectivity index (χ1n) is 10.4. The van der Waals surface area contributed by atoms with Gasteiger partial charge in [0.25, 0.3) is 0 Å². The van der Waals surface area contributed by atoms with Crippen molar-refractivity contribution in [2.24, 2.45) is 17.8 Å². The van der Waals surface area contributed by atoms with E-state index >= 15 is 0 Å². The first-order valence-corrected chi connectivity index (χ1v) is 10.4. The highest BCUT2D eigenvalue weighted by Gasteiger charge is 2.45. The number of ether oxygens (including phenoxy) is 2. The third-order valence-corrected chi connectivity index (χ3v) is 6.29. The number of carbonyl (C=O) groups excluding carboxylic acids is 1. The van der Waals surface area contributed by atoms with E-state index < -0.39 is 29.4 Å². The summed E-state index contributed by atoms with van der Waals surface area (Å²) in [4.78, 5) is 12.3. The van der Waals surface area contributed by atoms with Gasteiger partial charge in [0.05, 0.1) is 11.8 Å². The van der Waals surface area contributed by atoms with Crippen molar-refractivity contribution in [3.05, 3.63) is 29.3 Å². The molecular weight excluding hydrogens is 388 g/mol. The maximum absolute atomic E-state index is 14.5. The fourth-order valence-electron chi connectivity index (χ4n) is 4.19. The topological polar surface area (TPSA) is 35.5 Å². The van der Waals surface area contributed by atoms with E-state index in [0.717, 1.165) is 37.8 Å². The number of hydrogen-bond acceptors (Lipinski definition) is 3. The maximum Gasteiger partial charge on any atom is 0.400 e. The van der Waals surface area contributed by atoms with Crippen LogP contribution in [-0.2, 0) is 9.53 Å². The normalized spacial score (nSPS) is 28.1. The monoisotopic (exact) mass is 416 g/mol. The second-order valence-electron chi connectivity index (χ2n) is 8.54. The predicted molar refractivity (Wildman–Crippen MR) is 99.6 cm³/mol. The summed E-state index contributed by atoms with van der Waals surface area (Å²) < 4.78 is 66.4. The standard InChI is InChI=1S/C22H28F4O3/c1-13-3-5-15(6-4-13)21(27)28-17-9-7-16(8-10-17)22(25,26)29-18-11-19(23)14(2)20(24)12-18/h11-13,15-17H,3-10H2,1-2H3. The summed E-state index contributed by atoms with van der Waals surface area (Å²) in [5.41, 5.74) is -0.240. The quantitative estimate of drug-likeness (QED) is 0.425. The average molecular weight is 416 g/mol. The smallest absolute Gasteiger partial charge is 0.400 e. The molecular formula is C22H28F4O3. The largest absolute Gasteiger partial charge is 0.462 e. The van der Waals surface area contributed by atoms with Crippen molar-refractivity contribution >= 4 is 5.97 Å². The van der Waals surface area contributed by atoms with Crippen LogP contribution in [0.15, 0.2) is 12.1 Å². The van der Waals surface area contributed by atoms with Gasteiger partial charge in [0.1, 0.15) is 23.5 Å². The molecule has 0 aliphatic heterocycles. The Balaban J connectivity index is 1.51. The molecule has 2 fully saturated rings. The molecule has 0 saturated heterocycles. The summed E-state index contributed by atoms with van der Waals surface area (Å²) in [6.45, 7) is 3.40. The summed E-state index contributed by atoms with van der Waals surface area (Å²) in [5.74, 6) is -3.15. The molecule has 2 aliphatic carbocycles. The number of hydrogen-bond donors (Lipinski definition) is 0. The van der Waals surface area contributed by atoms with Crippen LogP contribution in [0.1, 0.15) is 63.9 Å². The highest BCUT2D eigenvalue weighted by molar-refractivity contribution is 5.72. The second kappa shape index (κ2) is 8.92. The molecule has 0 unspecified atom stereocenters. The average Bonchev–Trinajstić information content (AvgIpc) is 2.66. The fourth-order valence-corrected chi connectivity index (χ4v) is 4.19. The molecule has 0 aromatic heterocycles. The van der Waals surface area contributed by atoms with Crippen LogP contribution in [-0.4, -0.2) is 18.2 Å². The zero-order chi connectivity index (χ0) is 21.2. The third kappa shape index (κ3) is 5.43. The highest BCUT2D eigenvalue weighted by Crippen LogP contribution is 2.40. The molecule has 0 N–H and O–H groups in total. The van der Waals surface area contributed by atoms with Gasteiger partial charge in [-0.25, -0.2) is 8.78 Å². The van der Waals surface area contributed by atoms with Crippen LogP contribution in [0.25, 0.3) is 0 Å². The Morgan fingerprint density at radius 1 is 0.966 bits per heavy atom.